The van der Waals surface area contributed by atoms with Gasteiger partial charge in [-0.1, -0.05) is 17.3 Å². The Morgan fingerprint density at radius 1 is 1.29 bits per heavy atom. The zero-order valence-corrected chi connectivity index (χ0v) is 16.0. The van der Waals surface area contributed by atoms with Crippen LogP contribution in [0.25, 0.3) is 11.4 Å². The van der Waals surface area contributed by atoms with E-state index in [0.29, 0.717) is 17.3 Å². The topological polar surface area (TPSA) is 144 Å². The van der Waals surface area contributed by atoms with Crippen LogP contribution in [0, 0.1) is 6.92 Å². The van der Waals surface area contributed by atoms with Crippen molar-refractivity contribution in [3.63, 3.8) is 0 Å². The van der Waals surface area contributed by atoms with E-state index in [0.717, 1.165) is 0 Å². The molecule has 1 aromatic heterocycles. The lowest BCUT2D eigenvalue weighted by atomic mass is 10.1. The molecule has 10 heteroatoms. The first-order valence-electron chi connectivity index (χ1n) is 8.46. The maximum absolute atomic E-state index is 12.4. The highest BCUT2D eigenvalue weighted by Gasteiger charge is 2.24. The van der Waals surface area contributed by atoms with Crippen LogP contribution in [-0.4, -0.2) is 51.4 Å². The van der Waals surface area contributed by atoms with E-state index in [4.69, 9.17) is 9.26 Å². The Morgan fingerprint density at radius 2 is 2.00 bits per heavy atom. The van der Waals surface area contributed by atoms with Crippen molar-refractivity contribution in [2.45, 2.75) is 39.3 Å². The van der Waals surface area contributed by atoms with E-state index >= 15 is 0 Å². The van der Waals surface area contributed by atoms with E-state index in [-0.39, 0.29) is 12.1 Å². The van der Waals surface area contributed by atoms with Crippen molar-refractivity contribution in [1.82, 2.24) is 20.8 Å². The molecule has 3 N–H and O–H groups in total. The first-order chi connectivity index (χ1) is 13.0. The second-order valence-electron chi connectivity index (χ2n) is 6.96. The third-order valence-corrected chi connectivity index (χ3v) is 3.37. The van der Waals surface area contributed by atoms with Crippen LogP contribution in [0.4, 0.5) is 4.79 Å². The number of aliphatic carboxylic acids is 1. The van der Waals surface area contributed by atoms with E-state index in [9.17, 15) is 19.5 Å². The van der Waals surface area contributed by atoms with Gasteiger partial charge in [0.05, 0.1) is 0 Å². The molecular weight excluding hydrogens is 368 g/mol. The Morgan fingerprint density at radius 3 is 2.57 bits per heavy atom. The van der Waals surface area contributed by atoms with Crippen LogP contribution in [0.5, 0.6) is 0 Å². The van der Waals surface area contributed by atoms with Crippen LogP contribution < -0.4 is 10.6 Å². The summed E-state index contributed by atoms with van der Waals surface area (Å²) in [6.07, 6.45) is -0.886. The molecule has 1 unspecified atom stereocenters. The summed E-state index contributed by atoms with van der Waals surface area (Å²) in [5, 5.41) is 17.7. The molecule has 0 aliphatic rings. The number of rotatable bonds is 6. The third kappa shape index (κ3) is 6.08. The van der Waals surface area contributed by atoms with Gasteiger partial charge in [-0.2, -0.15) is 4.98 Å². The number of hydrogen-bond donors (Lipinski definition) is 3. The zero-order chi connectivity index (χ0) is 20.9. The summed E-state index contributed by atoms with van der Waals surface area (Å²) >= 11 is 0. The Hall–Kier alpha value is -3.43. The summed E-state index contributed by atoms with van der Waals surface area (Å²) in [4.78, 5) is 39.6. The van der Waals surface area contributed by atoms with Crippen LogP contribution in [0.3, 0.4) is 0 Å². The molecule has 0 bridgehead atoms. The molecule has 0 aliphatic heterocycles. The largest absolute Gasteiger partial charge is 0.480 e. The number of amides is 2. The van der Waals surface area contributed by atoms with E-state index in [1.165, 1.54) is 0 Å². The molecule has 0 saturated heterocycles. The first kappa shape index (κ1) is 20.9. The minimum Gasteiger partial charge on any atom is -0.480 e. The highest BCUT2D eigenvalue weighted by molar-refractivity contribution is 5.95. The summed E-state index contributed by atoms with van der Waals surface area (Å²) in [6, 6.07) is 5.12. The van der Waals surface area contributed by atoms with Crippen LogP contribution in [0.15, 0.2) is 28.8 Å². The molecule has 1 aromatic carbocycles. The fourth-order valence-electron chi connectivity index (χ4n) is 2.16. The molecule has 0 spiro atoms. The summed E-state index contributed by atoms with van der Waals surface area (Å²) in [5.74, 6) is -1.09. The monoisotopic (exact) mass is 390 g/mol. The number of carboxylic acids is 1. The van der Waals surface area contributed by atoms with Gasteiger partial charge in [0.1, 0.15) is 11.6 Å². The van der Waals surface area contributed by atoms with Crippen molar-refractivity contribution in [3.05, 3.63) is 35.7 Å². The first-order valence-corrected chi connectivity index (χ1v) is 8.46. The average molecular weight is 390 g/mol. The standard InChI is InChI=1S/C18H22N4O6/c1-10-20-14(22-28-10)11-6-5-7-12(8-11)15(23)19-9-13(16(24)25)21-17(26)27-18(2,3)4/h5-8,13H,9H2,1-4H3,(H,19,23)(H,21,26)(H,24,25). The van der Waals surface area contributed by atoms with Gasteiger partial charge < -0.3 is 25.0 Å². The molecule has 0 radical (unpaired) electrons. The predicted molar refractivity (Wildman–Crippen MR) is 97.6 cm³/mol. The SMILES string of the molecule is Cc1nc(-c2cccc(C(=O)NCC(NC(=O)OC(C)(C)C)C(=O)O)c2)no1. The van der Waals surface area contributed by atoms with E-state index in [2.05, 4.69) is 20.8 Å². The quantitative estimate of drug-likeness (QED) is 0.677. The molecule has 2 aromatic rings. The number of nitrogens with zero attached hydrogens (tertiary/aromatic N) is 2. The smallest absolute Gasteiger partial charge is 0.408 e. The second-order valence-corrected chi connectivity index (χ2v) is 6.96. The summed E-state index contributed by atoms with van der Waals surface area (Å²) in [5.41, 5.74) is 0.0807. The van der Waals surface area contributed by atoms with Gasteiger partial charge in [-0.3, -0.25) is 4.79 Å². The highest BCUT2D eigenvalue weighted by Crippen LogP contribution is 2.17. The predicted octanol–water partition coefficient (Wildman–Crippen LogP) is 1.75. The number of alkyl carbamates (subject to hydrolysis) is 1. The zero-order valence-electron chi connectivity index (χ0n) is 16.0. The van der Waals surface area contributed by atoms with Gasteiger partial charge in [-0.25, -0.2) is 9.59 Å². The molecule has 0 fully saturated rings. The van der Waals surface area contributed by atoms with Gasteiger partial charge in [-0.05, 0) is 32.9 Å². The van der Waals surface area contributed by atoms with Crippen molar-refractivity contribution in [2.24, 2.45) is 0 Å². The number of hydrogen-bond acceptors (Lipinski definition) is 7. The molecule has 10 nitrogen and oxygen atoms in total. The van der Waals surface area contributed by atoms with Crippen molar-refractivity contribution in [1.29, 1.82) is 0 Å². The lowest BCUT2D eigenvalue weighted by Crippen LogP contribution is -2.49. The summed E-state index contributed by atoms with van der Waals surface area (Å²) in [7, 11) is 0. The van der Waals surface area contributed by atoms with E-state index in [1.807, 2.05) is 0 Å². The van der Waals surface area contributed by atoms with E-state index < -0.39 is 29.6 Å². The van der Waals surface area contributed by atoms with Gasteiger partial charge in [0, 0.05) is 24.6 Å². The molecule has 0 saturated carbocycles. The number of ether oxygens (including phenoxy) is 1. The lowest BCUT2D eigenvalue weighted by Gasteiger charge is -2.22. The number of aromatic nitrogens is 2. The van der Waals surface area contributed by atoms with Crippen molar-refractivity contribution in [3.8, 4) is 11.4 Å². The Labute approximate surface area is 161 Å². The van der Waals surface area contributed by atoms with E-state index in [1.54, 1.807) is 52.0 Å². The third-order valence-electron chi connectivity index (χ3n) is 3.37. The molecule has 1 heterocycles. The summed E-state index contributed by atoms with van der Waals surface area (Å²) in [6.45, 7) is 6.29. The highest BCUT2D eigenvalue weighted by atomic mass is 16.6. The molecule has 2 amide bonds. The fourth-order valence-corrected chi connectivity index (χ4v) is 2.16. The Balaban J connectivity index is 2.01. The van der Waals surface area contributed by atoms with Gasteiger partial charge in [-0.15, -0.1) is 0 Å². The number of carbonyl (C=O) groups excluding carboxylic acids is 2. The molecule has 0 aliphatic carbocycles. The maximum Gasteiger partial charge on any atom is 0.408 e. The number of carbonyl (C=O) groups is 3. The Bertz CT molecular complexity index is 871. The average Bonchev–Trinajstić information content (AvgIpc) is 3.03. The number of carboxylic acid groups (broad SMARTS) is 1. The van der Waals surface area contributed by atoms with Gasteiger partial charge in [0.15, 0.2) is 0 Å². The number of benzene rings is 1. The van der Waals surface area contributed by atoms with Crippen molar-refractivity contribution in [2.75, 3.05) is 6.54 Å². The molecular formula is C18H22N4O6. The minimum atomic E-state index is -1.35. The maximum atomic E-state index is 12.4. The molecule has 150 valence electrons. The van der Waals surface area contributed by atoms with Crippen LogP contribution in [0.2, 0.25) is 0 Å². The van der Waals surface area contributed by atoms with Crippen LogP contribution >= 0.6 is 0 Å². The number of aryl methyl sites for hydroxylation is 1. The van der Waals surface area contributed by atoms with Gasteiger partial charge in [0.25, 0.3) is 5.91 Å². The van der Waals surface area contributed by atoms with Gasteiger partial charge >= 0.3 is 12.1 Å². The van der Waals surface area contributed by atoms with Crippen molar-refractivity contribution < 1.29 is 28.8 Å². The normalized spacial score (nSPS) is 12.1. The fraction of sp³-hybridized carbons (Fsp3) is 0.389. The molecule has 28 heavy (non-hydrogen) atoms. The number of nitrogens with one attached hydrogen (secondary N) is 2. The molecule has 2 rings (SSSR count). The summed E-state index contributed by atoms with van der Waals surface area (Å²) < 4.78 is 9.94. The van der Waals surface area contributed by atoms with Crippen LogP contribution in [0.1, 0.15) is 37.0 Å². The lowest BCUT2D eigenvalue weighted by molar-refractivity contribution is -0.139. The second kappa shape index (κ2) is 8.51. The van der Waals surface area contributed by atoms with Crippen LogP contribution in [-0.2, 0) is 9.53 Å². The minimum absolute atomic E-state index is 0.279. The van der Waals surface area contributed by atoms with Gasteiger partial charge in [0.2, 0.25) is 11.7 Å². The Kier molecular flexibility index (Phi) is 6.34. The van der Waals surface area contributed by atoms with Crippen molar-refractivity contribution >= 4 is 18.0 Å². The molecule has 1 atom stereocenters.